The van der Waals surface area contributed by atoms with Gasteiger partial charge in [-0.25, -0.2) is 0 Å². The van der Waals surface area contributed by atoms with E-state index in [9.17, 15) is 4.79 Å². The van der Waals surface area contributed by atoms with Crippen molar-refractivity contribution < 1.29 is 9.53 Å². The van der Waals surface area contributed by atoms with Gasteiger partial charge in [0.1, 0.15) is 5.75 Å². The number of carbonyl (C=O) groups excluding carboxylic acids is 1. The number of ether oxygens (including phenoxy) is 1. The van der Waals surface area contributed by atoms with Crippen molar-refractivity contribution in [3.05, 3.63) is 29.8 Å². The Morgan fingerprint density at radius 2 is 2.05 bits per heavy atom. The van der Waals surface area contributed by atoms with Gasteiger partial charge in [0.05, 0.1) is 13.2 Å². The number of aromatic nitrogens is 4. The van der Waals surface area contributed by atoms with Crippen LogP contribution >= 0.6 is 0 Å². The zero-order valence-corrected chi connectivity index (χ0v) is 11.5. The van der Waals surface area contributed by atoms with Gasteiger partial charge in [0.15, 0.2) is 0 Å². The molecule has 0 unspecified atom stereocenters. The largest absolute Gasteiger partial charge is 0.494 e. The summed E-state index contributed by atoms with van der Waals surface area (Å²) in [6.07, 6.45) is 0.945. The summed E-state index contributed by atoms with van der Waals surface area (Å²) in [6, 6.07) is 6.93. The molecule has 0 atom stereocenters. The van der Waals surface area contributed by atoms with E-state index in [2.05, 4.69) is 20.7 Å². The van der Waals surface area contributed by atoms with Crippen LogP contribution in [0.25, 0.3) is 0 Å². The maximum absolute atomic E-state index is 12.0. The highest BCUT2D eigenvalue weighted by molar-refractivity contribution is 6.03. The van der Waals surface area contributed by atoms with Gasteiger partial charge in [-0.1, -0.05) is 12.0 Å². The zero-order chi connectivity index (χ0) is 14.4. The molecule has 1 N–H and O–H groups in total. The summed E-state index contributed by atoms with van der Waals surface area (Å²) in [6.45, 7) is 5.20. The third kappa shape index (κ3) is 3.53. The minimum Gasteiger partial charge on any atom is -0.494 e. The van der Waals surface area contributed by atoms with Gasteiger partial charge in [-0.05, 0) is 42.8 Å². The number of carbonyl (C=O) groups is 1. The summed E-state index contributed by atoms with van der Waals surface area (Å²) >= 11 is 0. The van der Waals surface area contributed by atoms with Crippen molar-refractivity contribution in [1.29, 1.82) is 0 Å². The molecule has 1 aromatic heterocycles. The maximum atomic E-state index is 12.0. The molecular weight excluding hydrogens is 258 g/mol. The lowest BCUT2D eigenvalue weighted by atomic mass is 10.2. The molecule has 0 saturated heterocycles. The quantitative estimate of drug-likeness (QED) is 0.868. The van der Waals surface area contributed by atoms with E-state index in [-0.39, 0.29) is 11.9 Å². The lowest BCUT2D eigenvalue weighted by molar-refractivity contribution is 0.102. The van der Waals surface area contributed by atoms with Crippen molar-refractivity contribution in [3.8, 4) is 5.75 Å². The molecule has 1 aromatic carbocycles. The molecule has 0 aliphatic carbocycles. The summed E-state index contributed by atoms with van der Waals surface area (Å²) in [5.41, 5.74) is 0.515. The summed E-state index contributed by atoms with van der Waals surface area (Å²) in [5, 5.41) is 14.1. The monoisotopic (exact) mass is 275 g/mol. The highest BCUT2D eigenvalue weighted by atomic mass is 16.5. The van der Waals surface area contributed by atoms with E-state index in [1.54, 1.807) is 24.3 Å². The molecule has 7 heteroatoms. The first kappa shape index (κ1) is 14.0. The van der Waals surface area contributed by atoms with Gasteiger partial charge in [0, 0.05) is 5.56 Å². The van der Waals surface area contributed by atoms with E-state index in [0.717, 1.165) is 12.2 Å². The Labute approximate surface area is 116 Å². The lowest BCUT2D eigenvalue weighted by Crippen LogP contribution is -2.13. The molecule has 0 fully saturated rings. The maximum Gasteiger partial charge on any atom is 0.270 e. The first-order chi connectivity index (χ1) is 9.72. The molecule has 0 aliphatic rings. The smallest absolute Gasteiger partial charge is 0.270 e. The molecular formula is C13H17N5O2. The van der Waals surface area contributed by atoms with E-state index < -0.39 is 0 Å². The second-order valence-electron chi connectivity index (χ2n) is 4.13. The first-order valence-electron chi connectivity index (χ1n) is 6.55. The van der Waals surface area contributed by atoms with Gasteiger partial charge in [-0.2, -0.15) is 4.80 Å². The van der Waals surface area contributed by atoms with Crippen LogP contribution in [0, 0.1) is 0 Å². The van der Waals surface area contributed by atoms with Crippen molar-refractivity contribution in [2.75, 3.05) is 11.9 Å². The number of nitrogens with one attached hydrogen (secondary N) is 1. The van der Waals surface area contributed by atoms with Crippen LogP contribution in [0.4, 0.5) is 5.95 Å². The second kappa shape index (κ2) is 6.65. The normalized spacial score (nSPS) is 10.3. The molecule has 0 bridgehead atoms. The zero-order valence-electron chi connectivity index (χ0n) is 11.5. The van der Waals surface area contributed by atoms with E-state index >= 15 is 0 Å². The first-order valence-corrected chi connectivity index (χ1v) is 6.55. The average molecular weight is 275 g/mol. The highest BCUT2D eigenvalue weighted by Gasteiger charge is 2.09. The Balaban J connectivity index is 1.98. The number of rotatable bonds is 6. The van der Waals surface area contributed by atoms with Crippen molar-refractivity contribution in [2.24, 2.45) is 0 Å². The fourth-order valence-electron chi connectivity index (χ4n) is 1.52. The fraction of sp³-hybridized carbons (Fsp3) is 0.385. The average Bonchev–Trinajstić information content (AvgIpc) is 2.93. The van der Waals surface area contributed by atoms with Crippen molar-refractivity contribution in [3.63, 3.8) is 0 Å². The van der Waals surface area contributed by atoms with Gasteiger partial charge < -0.3 is 4.74 Å². The van der Waals surface area contributed by atoms with Gasteiger partial charge in [-0.15, -0.1) is 5.10 Å². The third-order valence-corrected chi connectivity index (χ3v) is 2.55. The Kier molecular flexibility index (Phi) is 4.65. The minimum atomic E-state index is -0.275. The minimum absolute atomic E-state index is 0.197. The van der Waals surface area contributed by atoms with Gasteiger partial charge in [0.25, 0.3) is 11.9 Å². The standard InChI is InChI=1S/C13H17N5O2/c1-3-9-20-11-7-5-10(6-8-11)12(19)14-13-15-17-18(4-2)16-13/h5-8H,3-4,9H2,1-2H3,(H,14,16,19). The van der Waals surface area contributed by atoms with Crippen LogP contribution in [-0.4, -0.2) is 32.7 Å². The van der Waals surface area contributed by atoms with Crippen LogP contribution in [-0.2, 0) is 6.54 Å². The second-order valence-corrected chi connectivity index (χ2v) is 4.13. The van der Waals surface area contributed by atoms with E-state index in [4.69, 9.17) is 4.74 Å². The number of anilines is 1. The van der Waals surface area contributed by atoms with Crippen LogP contribution in [0.2, 0.25) is 0 Å². The molecule has 106 valence electrons. The predicted molar refractivity (Wildman–Crippen MR) is 73.7 cm³/mol. The molecule has 0 spiro atoms. The SMILES string of the molecule is CCCOc1ccc(C(=O)Nc2nnn(CC)n2)cc1. The molecule has 1 amide bonds. The van der Waals surface area contributed by atoms with Crippen LogP contribution in [0.1, 0.15) is 30.6 Å². The number of amides is 1. The number of aryl methyl sites for hydroxylation is 1. The van der Waals surface area contributed by atoms with Gasteiger partial charge in [-0.3, -0.25) is 10.1 Å². The fourth-order valence-corrected chi connectivity index (χ4v) is 1.52. The Bertz CT molecular complexity index is 564. The predicted octanol–water partition coefficient (Wildman–Crippen LogP) is 1.73. The van der Waals surface area contributed by atoms with Crippen LogP contribution < -0.4 is 10.1 Å². The number of hydrogen-bond donors (Lipinski definition) is 1. The summed E-state index contributed by atoms with van der Waals surface area (Å²) in [7, 11) is 0. The molecule has 7 nitrogen and oxygen atoms in total. The van der Waals surface area contributed by atoms with Crippen LogP contribution in [0.3, 0.4) is 0 Å². The topological polar surface area (TPSA) is 81.9 Å². The molecule has 2 rings (SSSR count). The molecule has 1 heterocycles. The van der Waals surface area contributed by atoms with Crippen LogP contribution in [0.15, 0.2) is 24.3 Å². The van der Waals surface area contributed by atoms with E-state index in [1.165, 1.54) is 4.80 Å². The molecule has 0 radical (unpaired) electrons. The number of benzene rings is 1. The van der Waals surface area contributed by atoms with Crippen LogP contribution in [0.5, 0.6) is 5.75 Å². The third-order valence-electron chi connectivity index (χ3n) is 2.55. The Hall–Kier alpha value is -2.44. The Morgan fingerprint density at radius 1 is 1.30 bits per heavy atom. The number of hydrogen-bond acceptors (Lipinski definition) is 5. The van der Waals surface area contributed by atoms with Crippen molar-refractivity contribution >= 4 is 11.9 Å². The molecule has 0 aliphatic heterocycles. The van der Waals surface area contributed by atoms with E-state index in [0.29, 0.717) is 18.7 Å². The molecule has 20 heavy (non-hydrogen) atoms. The van der Waals surface area contributed by atoms with Gasteiger partial charge >= 0.3 is 0 Å². The van der Waals surface area contributed by atoms with Crippen molar-refractivity contribution in [2.45, 2.75) is 26.8 Å². The number of tetrazole rings is 1. The van der Waals surface area contributed by atoms with Gasteiger partial charge in [0.2, 0.25) is 0 Å². The summed E-state index contributed by atoms with van der Waals surface area (Å²) < 4.78 is 5.46. The number of nitrogens with zero attached hydrogens (tertiary/aromatic N) is 4. The summed E-state index contributed by atoms with van der Waals surface area (Å²) in [4.78, 5) is 13.4. The molecule has 0 saturated carbocycles. The van der Waals surface area contributed by atoms with Crippen molar-refractivity contribution in [1.82, 2.24) is 20.2 Å². The summed E-state index contributed by atoms with van der Waals surface area (Å²) in [5.74, 6) is 0.671. The molecule has 2 aromatic rings. The highest BCUT2D eigenvalue weighted by Crippen LogP contribution is 2.13. The lowest BCUT2D eigenvalue weighted by Gasteiger charge is -2.05. The Morgan fingerprint density at radius 3 is 2.65 bits per heavy atom. The van der Waals surface area contributed by atoms with E-state index in [1.807, 2.05) is 13.8 Å².